The fourth-order valence-corrected chi connectivity index (χ4v) is 2.78. The Morgan fingerprint density at radius 3 is 2.62 bits per heavy atom. The Kier molecular flexibility index (Phi) is 3.77. The van der Waals surface area contributed by atoms with E-state index in [2.05, 4.69) is 20.6 Å². The van der Waals surface area contributed by atoms with E-state index < -0.39 is 5.97 Å². The number of aromatic amines is 1. The zero-order valence-electron chi connectivity index (χ0n) is 13.5. The third-order valence-corrected chi connectivity index (χ3v) is 4.14. The van der Waals surface area contributed by atoms with Crippen LogP contribution < -0.4 is 5.56 Å². The highest BCUT2D eigenvalue weighted by Crippen LogP contribution is 2.16. The average molecular weight is 347 g/mol. The Labute approximate surface area is 146 Å². The summed E-state index contributed by atoms with van der Waals surface area (Å²) in [6, 6.07) is 13.8. The molecule has 2 N–H and O–H groups in total. The Morgan fingerprint density at radius 1 is 1.12 bits per heavy atom. The summed E-state index contributed by atoms with van der Waals surface area (Å²) in [5.74, 6) is -0.556. The number of rotatable bonds is 4. The molecule has 2 aromatic heterocycles. The molecule has 4 aromatic rings. The van der Waals surface area contributed by atoms with E-state index in [1.807, 2.05) is 24.3 Å². The Morgan fingerprint density at radius 2 is 1.92 bits per heavy atom. The Bertz CT molecular complexity index is 1150. The van der Waals surface area contributed by atoms with Gasteiger partial charge in [0, 0.05) is 17.1 Å². The highest BCUT2D eigenvalue weighted by molar-refractivity contribution is 5.94. The molecule has 0 aliphatic rings. The van der Waals surface area contributed by atoms with Crippen molar-refractivity contribution in [3.8, 4) is 11.4 Å². The van der Waals surface area contributed by atoms with E-state index in [1.165, 1.54) is 12.1 Å². The molecule has 0 amide bonds. The molecule has 0 bridgehead atoms. The van der Waals surface area contributed by atoms with Crippen molar-refractivity contribution < 1.29 is 9.90 Å². The lowest BCUT2D eigenvalue weighted by molar-refractivity contribution is 0.0697. The normalized spacial score (nSPS) is 10.9. The number of carbonyl (C=O) groups is 1. The van der Waals surface area contributed by atoms with E-state index in [4.69, 9.17) is 5.11 Å². The van der Waals surface area contributed by atoms with Crippen LogP contribution in [-0.2, 0) is 6.54 Å². The standard InChI is InChI=1S/C18H13N5O3/c24-17-15-9-14(18(25)26)6-5-12(15)7-8-23(17)10-11-1-3-13(4-2-11)16-19-21-22-20-16/h1-9H,10H2,(H,25,26)(H,19,20,21,22). The van der Waals surface area contributed by atoms with Crippen molar-refractivity contribution in [3.63, 3.8) is 0 Å². The van der Waals surface area contributed by atoms with Gasteiger partial charge >= 0.3 is 5.97 Å². The summed E-state index contributed by atoms with van der Waals surface area (Å²) in [7, 11) is 0. The van der Waals surface area contributed by atoms with E-state index in [9.17, 15) is 9.59 Å². The maximum absolute atomic E-state index is 12.7. The fourth-order valence-electron chi connectivity index (χ4n) is 2.78. The molecule has 0 atom stereocenters. The lowest BCUT2D eigenvalue weighted by Crippen LogP contribution is -2.20. The summed E-state index contributed by atoms with van der Waals surface area (Å²) in [5.41, 5.74) is 1.61. The van der Waals surface area contributed by atoms with Crippen molar-refractivity contribution >= 4 is 16.7 Å². The minimum Gasteiger partial charge on any atom is -0.478 e. The van der Waals surface area contributed by atoms with Crippen molar-refractivity contribution in [1.82, 2.24) is 25.2 Å². The molecule has 8 heteroatoms. The minimum atomic E-state index is -1.06. The second kappa shape index (κ2) is 6.25. The third-order valence-electron chi connectivity index (χ3n) is 4.14. The van der Waals surface area contributed by atoms with Crippen LogP contribution in [0.4, 0.5) is 0 Å². The number of fused-ring (bicyclic) bond motifs is 1. The number of carboxylic acid groups (broad SMARTS) is 1. The zero-order valence-corrected chi connectivity index (χ0v) is 13.5. The van der Waals surface area contributed by atoms with Crippen molar-refractivity contribution in [2.45, 2.75) is 6.54 Å². The van der Waals surface area contributed by atoms with E-state index in [-0.39, 0.29) is 11.1 Å². The van der Waals surface area contributed by atoms with Crippen LogP contribution >= 0.6 is 0 Å². The molecule has 0 saturated heterocycles. The minimum absolute atomic E-state index is 0.0943. The molecule has 128 valence electrons. The Balaban J connectivity index is 1.67. The van der Waals surface area contributed by atoms with Crippen molar-refractivity contribution in [2.75, 3.05) is 0 Å². The average Bonchev–Trinajstić information content (AvgIpc) is 3.19. The SMILES string of the molecule is O=C(O)c1ccc2ccn(Cc3ccc(-c4nn[nH]n4)cc3)c(=O)c2c1. The highest BCUT2D eigenvalue weighted by Gasteiger charge is 2.09. The van der Waals surface area contributed by atoms with Gasteiger partial charge in [-0.3, -0.25) is 4.79 Å². The molecule has 0 spiro atoms. The fraction of sp³-hybridized carbons (Fsp3) is 0.0556. The van der Waals surface area contributed by atoms with E-state index in [0.29, 0.717) is 23.1 Å². The summed E-state index contributed by atoms with van der Waals surface area (Å²) in [6.07, 6.45) is 1.71. The molecule has 0 unspecified atom stereocenters. The molecule has 2 aromatic carbocycles. The zero-order chi connectivity index (χ0) is 18.1. The van der Waals surface area contributed by atoms with Gasteiger partial charge in [-0.1, -0.05) is 30.3 Å². The van der Waals surface area contributed by atoms with Crippen LogP contribution in [0.3, 0.4) is 0 Å². The number of tetrazole rings is 1. The second-order valence-electron chi connectivity index (χ2n) is 5.79. The predicted molar refractivity (Wildman–Crippen MR) is 93.9 cm³/mol. The maximum atomic E-state index is 12.7. The van der Waals surface area contributed by atoms with Crippen molar-refractivity contribution in [1.29, 1.82) is 0 Å². The topological polar surface area (TPSA) is 114 Å². The highest BCUT2D eigenvalue weighted by atomic mass is 16.4. The number of pyridine rings is 1. The van der Waals surface area contributed by atoms with Gasteiger partial charge in [-0.2, -0.15) is 5.21 Å². The molecule has 0 fully saturated rings. The van der Waals surface area contributed by atoms with E-state index in [1.54, 1.807) is 22.9 Å². The second-order valence-corrected chi connectivity index (χ2v) is 5.79. The number of benzene rings is 2. The van der Waals surface area contributed by atoms with E-state index in [0.717, 1.165) is 11.1 Å². The number of hydrogen-bond acceptors (Lipinski definition) is 5. The molecule has 4 rings (SSSR count). The van der Waals surface area contributed by atoms with Gasteiger partial charge in [-0.25, -0.2) is 4.79 Å². The number of carboxylic acids is 1. The smallest absolute Gasteiger partial charge is 0.335 e. The van der Waals surface area contributed by atoms with Crippen LogP contribution in [0, 0.1) is 0 Å². The molecule has 0 saturated carbocycles. The van der Waals surface area contributed by atoms with Crippen LogP contribution in [0.25, 0.3) is 22.2 Å². The van der Waals surface area contributed by atoms with Gasteiger partial charge in [-0.05, 0) is 34.4 Å². The lowest BCUT2D eigenvalue weighted by Gasteiger charge is -2.08. The van der Waals surface area contributed by atoms with Crippen LogP contribution in [0.15, 0.2) is 59.5 Å². The number of nitrogens with zero attached hydrogens (tertiary/aromatic N) is 4. The molecular formula is C18H13N5O3. The maximum Gasteiger partial charge on any atom is 0.335 e. The van der Waals surface area contributed by atoms with Gasteiger partial charge in [0.15, 0.2) is 0 Å². The van der Waals surface area contributed by atoms with E-state index >= 15 is 0 Å². The van der Waals surface area contributed by atoms with Crippen molar-refractivity contribution in [2.24, 2.45) is 0 Å². The van der Waals surface area contributed by atoms with Gasteiger partial charge in [-0.15, -0.1) is 10.2 Å². The summed E-state index contributed by atoms with van der Waals surface area (Å²) in [5, 5.41) is 24.0. The molecular weight excluding hydrogens is 334 g/mol. The molecule has 0 aliphatic carbocycles. The molecule has 26 heavy (non-hydrogen) atoms. The number of aromatic carboxylic acids is 1. The first-order valence-electron chi connectivity index (χ1n) is 7.81. The molecule has 8 nitrogen and oxygen atoms in total. The lowest BCUT2D eigenvalue weighted by atomic mass is 10.1. The van der Waals surface area contributed by atoms with Gasteiger partial charge < -0.3 is 9.67 Å². The molecule has 0 aliphatic heterocycles. The number of aromatic nitrogens is 5. The quantitative estimate of drug-likeness (QED) is 0.583. The van der Waals surface area contributed by atoms with Gasteiger partial charge in [0.05, 0.1) is 12.1 Å². The largest absolute Gasteiger partial charge is 0.478 e. The van der Waals surface area contributed by atoms with Gasteiger partial charge in [0.25, 0.3) is 5.56 Å². The first-order valence-corrected chi connectivity index (χ1v) is 7.81. The van der Waals surface area contributed by atoms with Gasteiger partial charge in [0.1, 0.15) is 0 Å². The summed E-state index contributed by atoms with van der Waals surface area (Å²) >= 11 is 0. The number of hydrogen-bond donors (Lipinski definition) is 2. The molecule has 0 radical (unpaired) electrons. The first kappa shape index (κ1) is 15.7. The number of nitrogens with one attached hydrogen (secondary N) is 1. The van der Waals surface area contributed by atoms with Gasteiger partial charge in [0.2, 0.25) is 5.82 Å². The van der Waals surface area contributed by atoms with Crippen molar-refractivity contribution in [3.05, 3.63) is 76.2 Å². The van der Waals surface area contributed by atoms with Crippen LogP contribution in [0.2, 0.25) is 0 Å². The monoisotopic (exact) mass is 347 g/mol. The predicted octanol–water partition coefficient (Wildman–Crippen LogP) is 1.93. The van der Waals surface area contributed by atoms with Crippen LogP contribution in [-0.4, -0.2) is 36.3 Å². The Hall–Kier alpha value is -3.81. The summed E-state index contributed by atoms with van der Waals surface area (Å²) in [4.78, 5) is 23.8. The molecule has 2 heterocycles. The van der Waals surface area contributed by atoms with Crippen LogP contribution in [0.5, 0.6) is 0 Å². The first-order chi connectivity index (χ1) is 12.6. The summed E-state index contributed by atoms with van der Waals surface area (Å²) in [6.45, 7) is 0.374. The van der Waals surface area contributed by atoms with Crippen LogP contribution in [0.1, 0.15) is 15.9 Å². The summed E-state index contributed by atoms with van der Waals surface area (Å²) < 4.78 is 1.55. The third kappa shape index (κ3) is 2.84. The number of H-pyrrole nitrogens is 1.